The number of aliphatic carboxylic acids is 1. The van der Waals surface area contributed by atoms with Gasteiger partial charge in [-0.1, -0.05) is 12.2 Å². The van der Waals surface area contributed by atoms with Gasteiger partial charge >= 0.3 is 5.97 Å². The molecule has 0 aliphatic carbocycles. The second-order valence-corrected chi connectivity index (χ2v) is 2.29. The van der Waals surface area contributed by atoms with Gasteiger partial charge in [-0.25, -0.2) is 0 Å². The van der Waals surface area contributed by atoms with E-state index in [1.807, 2.05) is 6.08 Å². The maximum absolute atomic E-state index is 10.00. The van der Waals surface area contributed by atoms with Crippen LogP contribution in [0.5, 0.6) is 0 Å². The van der Waals surface area contributed by atoms with Crippen LogP contribution >= 0.6 is 0 Å². The smallest absolute Gasteiger partial charge is 0.307 e. The lowest BCUT2D eigenvalue weighted by Crippen LogP contribution is -1.89. The van der Waals surface area contributed by atoms with Crippen LogP contribution in [0.2, 0.25) is 0 Å². The average Bonchev–Trinajstić information content (AvgIpc) is 1.96. The molecule has 11 heavy (non-hydrogen) atoms. The monoisotopic (exact) mass is 158 g/mol. The Kier molecular flexibility index (Phi) is 6.73. The first-order chi connectivity index (χ1) is 5.27. The van der Waals surface area contributed by atoms with Gasteiger partial charge in [0.1, 0.15) is 0 Å². The maximum Gasteiger partial charge on any atom is 0.307 e. The third-order valence-electron chi connectivity index (χ3n) is 1.24. The third kappa shape index (κ3) is 9.17. The Balaban J connectivity index is 3.10. The minimum absolute atomic E-state index is 0.0964. The standard InChI is InChI=1S/C8H14O3/c9-7-5-3-1-2-4-6-8(10)11/h2,4,9H,1,3,5-7H2,(H,10,11). The van der Waals surface area contributed by atoms with Crippen LogP contribution < -0.4 is 0 Å². The number of rotatable bonds is 6. The van der Waals surface area contributed by atoms with E-state index in [9.17, 15) is 4.79 Å². The molecule has 0 bridgehead atoms. The first-order valence-corrected chi connectivity index (χ1v) is 3.75. The Morgan fingerprint density at radius 3 is 2.55 bits per heavy atom. The normalized spacial score (nSPS) is 10.6. The molecule has 0 aromatic rings. The zero-order chi connectivity index (χ0) is 8.53. The third-order valence-corrected chi connectivity index (χ3v) is 1.24. The van der Waals surface area contributed by atoms with E-state index >= 15 is 0 Å². The van der Waals surface area contributed by atoms with E-state index in [0.717, 1.165) is 19.3 Å². The van der Waals surface area contributed by atoms with Gasteiger partial charge in [0.15, 0.2) is 0 Å². The van der Waals surface area contributed by atoms with E-state index in [0.29, 0.717) is 0 Å². The Bertz CT molecular complexity index is 129. The van der Waals surface area contributed by atoms with Gasteiger partial charge in [0.2, 0.25) is 0 Å². The Morgan fingerprint density at radius 1 is 1.27 bits per heavy atom. The molecule has 0 saturated carbocycles. The van der Waals surface area contributed by atoms with Gasteiger partial charge in [-0.05, 0) is 19.3 Å². The lowest BCUT2D eigenvalue weighted by Gasteiger charge is -1.90. The molecule has 0 heterocycles. The van der Waals surface area contributed by atoms with Crippen molar-refractivity contribution in [3.63, 3.8) is 0 Å². The van der Waals surface area contributed by atoms with E-state index in [1.165, 1.54) is 0 Å². The highest BCUT2D eigenvalue weighted by Gasteiger charge is 1.88. The molecule has 0 aliphatic heterocycles. The summed E-state index contributed by atoms with van der Waals surface area (Å²) in [6, 6.07) is 0. The number of aliphatic hydroxyl groups is 1. The number of hydrogen-bond donors (Lipinski definition) is 2. The molecule has 0 saturated heterocycles. The summed E-state index contributed by atoms with van der Waals surface area (Å²) in [5.74, 6) is -0.802. The predicted molar refractivity (Wildman–Crippen MR) is 42.3 cm³/mol. The van der Waals surface area contributed by atoms with Crippen molar-refractivity contribution in [1.82, 2.24) is 0 Å². The summed E-state index contributed by atoms with van der Waals surface area (Å²) in [4.78, 5) is 10.00. The molecule has 0 aromatic carbocycles. The van der Waals surface area contributed by atoms with Crippen molar-refractivity contribution in [2.45, 2.75) is 25.7 Å². The summed E-state index contributed by atoms with van der Waals surface area (Å²) in [5.41, 5.74) is 0. The van der Waals surface area contributed by atoms with Gasteiger partial charge in [-0.2, -0.15) is 0 Å². The average molecular weight is 158 g/mol. The minimum atomic E-state index is -0.802. The topological polar surface area (TPSA) is 57.5 Å². The van der Waals surface area contributed by atoms with Crippen LogP contribution in [-0.2, 0) is 4.79 Å². The lowest BCUT2D eigenvalue weighted by molar-refractivity contribution is -0.136. The fraction of sp³-hybridized carbons (Fsp3) is 0.625. The number of carboxylic acids is 1. The molecule has 0 unspecified atom stereocenters. The Morgan fingerprint density at radius 2 is 2.00 bits per heavy atom. The van der Waals surface area contributed by atoms with Crippen LogP contribution in [-0.4, -0.2) is 22.8 Å². The molecule has 0 aliphatic rings. The zero-order valence-corrected chi connectivity index (χ0v) is 6.49. The first kappa shape index (κ1) is 10.2. The van der Waals surface area contributed by atoms with Gasteiger partial charge in [-0.15, -0.1) is 0 Å². The van der Waals surface area contributed by atoms with Crippen molar-refractivity contribution in [2.75, 3.05) is 6.61 Å². The van der Waals surface area contributed by atoms with Gasteiger partial charge in [0, 0.05) is 6.61 Å². The molecule has 0 rings (SSSR count). The molecule has 0 spiro atoms. The van der Waals surface area contributed by atoms with Crippen molar-refractivity contribution >= 4 is 5.97 Å². The molecule has 0 aromatic heterocycles. The molecule has 2 N–H and O–H groups in total. The highest BCUT2D eigenvalue weighted by Crippen LogP contribution is 1.96. The summed E-state index contributed by atoms with van der Waals surface area (Å²) in [6.07, 6.45) is 6.14. The molecule has 3 nitrogen and oxygen atoms in total. The van der Waals surface area contributed by atoms with Crippen LogP contribution in [0.15, 0.2) is 12.2 Å². The highest BCUT2D eigenvalue weighted by molar-refractivity contribution is 5.68. The van der Waals surface area contributed by atoms with E-state index in [4.69, 9.17) is 10.2 Å². The number of unbranched alkanes of at least 4 members (excludes halogenated alkanes) is 2. The summed E-state index contributed by atoms with van der Waals surface area (Å²) in [5, 5.41) is 16.6. The summed E-state index contributed by atoms with van der Waals surface area (Å²) in [7, 11) is 0. The van der Waals surface area contributed by atoms with Gasteiger partial charge in [-0.3, -0.25) is 4.79 Å². The van der Waals surface area contributed by atoms with Crippen molar-refractivity contribution in [3.05, 3.63) is 12.2 Å². The van der Waals surface area contributed by atoms with Gasteiger partial charge < -0.3 is 10.2 Å². The minimum Gasteiger partial charge on any atom is -0.481 e. The number of carboxylic acid groups (broad SMARTS) is 1. The van der Waals surface area contributed by atoms with Crippen molar-refractivity contribution in [3.8, 4) is 0 Å². The Labute approximate surface area is 66.4 Å². The summed E-state index contributed by atoms with van der Waals surface area (Å²) < 4.78 is 0. The predicted octanol–water partition coefficient (Wildman–Crippen LogP) is 1.18. The molecular weight excluding hydrogens is 144 g/mol. The summed E-state index contributed by atoms with van der Waals surface area (Å²) >= 11 is 0. The molecule has 0 atom stereocenters. The van der Waals surface area contributed by atoms with E-state index in [-0.39, 0.29) is 13.0 Å². The van der Waals surface area contributed by atoms with E-state index in [2.05, 4.69) is 0 Å². The van der Waals surface area contributed by atoms with Gasteiger partial charge in [0.25, 0.3) is 0 Å². The zero-order valence-electron chi connectivity index (χ0n) is 6.49. The highest BCUT2D eigenvalue weighted by atomic mass is 16.4. The molecule has 64 valence electrons. The van der Waals surface area contributed by atoms with Crippen LogP contribution in [0, 0.1) is 0 Å². The van der Waals surface area contributed by atoms with Crippen LogP contribution in [0.1, 0.15) is 25.7 Å². The quantitative estimate of drug-likeness (QED) is 0.450. The second-order valence-electron chi connectivity index (χ2n) is 2.29. The van der Waals surface area contributed by atoms with E-state index < -0.39 is 5.97 Å². The number of allylic oxidation sites excluding steroid dienone is 1. The number of aliphatic hydroxyl groups excluding tert-OH is 1. The first-order valence-electron chi connectivity index (χ1n) is 3.75. The van der Waals surface area contributed by atoms with Crippen LogP contribution in [0.3, 0.4) is 0 Å². The molecule has 0 radical (unpaired) electrons. The van der Waals surface area contributed by atoms with Crippen LogP contribution in [0.25, 0.3) is 0 Å². The fourth-order valence-corrected chi connectivity index (χ4v) is 0.676. The van der Waals surface area contributed by atoms with Crippen molar-refractivity contribution in [1.29, 1.82) is 0 Å². The van der Waals surface area contributed by atoms with Crippen LogP contribution in [0.4, 0.5) is 0 Å². The van der Waals surface area contributed by atoms with Gasteiger partial charge in [0.05, 0.1) is 6.42 Å². The van der Waals surface area contributed by atoms with Crippen molar-refractivity contribution in [2.24, 2.45) is 0 Å². The molecular formula is C8H14O3. The summed E-state index contributed by atoms with van der Waals surface area (Å²) in [6.45, 7) is 0.215. The molecule has 0 amide bonds. The molecule has 3 heteroatoms. The molecule has 0 fully saturated rings. The number of carbonyl (C=O) groups is 1. The lowest BCUT2D eigenvalue weighted by atomic mass is 10.2. The fourth-order valence-electron chi connectivity index (χ4n) is 0.676. The second kappa shape index (κ2) is 7.28. The SMILES string of the molecule is O=C(O)CC=CCCCCO. The van der Waals surface area contributed by atoms with Crippen molar-refractivity contribution < 1.29 is 15.0 Å². The number of hydrogen-bond acceptors (Lipinski definition) is 2. The largest absolute Gasteiger partial charge is 0.481 e. The van der Waals surface area contributed by atoms with E-state index in [1.54, 1.807) is 6.08 Å². The maximum atomic E-state index is 10.00. The Hall–Kier alpha value is -0.830.